The summed E-state index contributed by atoms with van der Waals surface area (Å²) in [7, 11) is 1.88. The highest BCUT2D eigenvalue weighted by molar-refractivity contribution is 7.16. The van der Waals surface area contributed by atoms with Crippen molar-refractivity contribution in [2.45, 2.75) is 12.8 Å². The lowest BCUT2D eigenvalue weighted by molar-refractivity contribution is -0.121. The third kappa shape index (κ3) is 3.15. The number of anilines is 1. The number of benzene rings is 2. The molecule has 2 heterocycles. The Morgan fingerprint density at radius 3 is 2.56 bits per heavy atom. The predicted molar refractivity (Wildman–Crippen MR) is 102 cm³/mol. The third-order valence-electron chi connectivity index (χ3n) is 4.39. The summed E-state index contributed by atoms with van der Waals surface area (Å²) in [6.45, 7) is 0. The van der Waals surface area contributed by atoms with Gasteiger partial charge in [0.15, 0.2) is 0 Å². The number of carbonyl (C=O) groups excluding carboxylic acids is 3. The average molecular weight is 380 g/mol. The minimum absolute atomic E-state index is 0.201. The Kier molecular flexibility index (Phi) is 4.33. The van der Waals surface area contributed by atoms with Crippen LogP contribution in [0.15, 0.2) is 53.6 Å². The van der Waals surface area contributed by atoms with Crippen LogP contribution in [0.2, 0.25) is 0 Å². The van der Waals surface area contributed by atoms with Crippen LogP contribution in [0.1, 0.15) is 23.2 Å². The Balaban J connectivity index is 1.60. The van der Waals surface area contributed by atoms with E-state index in [1.54, 1.807) is 18.2 Å². The second-order valence-electron chi connectivity index (χ2n) is 6.14. The van der Waals surface area contributed by atoms with Crippen molar-refractivity contribution in [2.75, 3.05) is 4.90 Å². The molecular formula is C19H16N4O3S. The molecule has 8 heteroatoms. The number of aryl methyl sites for hydroxylation is 1. The van der Waals surface area contributed by atoms with Gasteiger partial charge in [0.25, 0.3) is 5.91 Å². The van der Waals surface area contributed by atoms with E-state index in [1.807, 2.05) is 35.9 Å². The van der Waals surface area contributed by atoms with Gasteiger partial charge in [-0.2, -0.15) is 0 Å². The molecule has 2 aromatic carbocycles. The molecule has 0 unspecified atom stereocenters. The van der Waals surface area contributed by atoms with Gasteiger partial charge in [0.2, 0.25) is 16.6 Å². The first kappa shape index (κ1) is 17.2. The Labute approximate surface area is 158 Å². The Bertz CT molecular complexity index is 1130. The molecular weight excluding hydrogens is 364 g/mol. The second kappa shape index (κ2) is 6.81. The van der Waals surface area contributed by atoms with Gasteiger partial charge in [0, 0.05) is 25.5 Å². The molecule has 3 amide bonds. The number of fused-ring (bicyclic) bond motifs is 1. The number of imide groups is 1. The van der Waals surface area contributed by atoms with E-state index in [0.29, 0.717) is 16.1 Å². The van der Waals surface area contributed by atoms with Crippen LogP contribution < -0.4 is 15.1 Å². The Morgan fingerprint density at radius 1 is 1.07 bits per heavy atom. The second-order valence-corrected chi connectivity index (χ2v) is 7.15. The summed E-state index contributed by atoms with van der Waals surface area (Å²) in [5, 5.41) is 4.21. The monoisotopic (exact) mass is 380 g/mol. The molecule has 1 N–H and O–H groups in total. The number of aromatic nitrogens is 1. The maximum absolute atomic E-state index is 12.5. The third-order valence-corrected chi connectivity index (χ3v) is 5.50. The molecule has 1 fully saturated rings. The summed E-state index contributed by atoms with van der Waals surface area (Å²) in [6.07, 6.45) is 0.403. The van der Waals surface area contributed by atoms with Crippen molar-refractivity contribution in [1.82, 2.24) is 9.99 Å². The maximum Gasteiger partial charge on any atom is 0.271 e. The number of nitrogens with zero attached hydrogens (tertiary/aromatic N) is 3. The summed E-state index contributed by atoms with van der Waals surface area (Å²) in [4.78, 5) is 38.0. The molecule has 1 aliphatic heterocycles. The van der Waals surface area contributed by atoms with Gasteiger partial charge in [-0.05, 0) is 30.3 Å². The zero-order valence-corrected chi connectivity index (χ0v) is 15.3. The van der Waals surface area contributed by atoms with Crippen LogP contribution >= 0.6 is 11.3 Å². The van der Waals surface area contributed by atoms with Crippen molar-refractivity contribution >= 4 is 45.0 Å². The fourth-order valence-electron chi connectivity index (χ4n) is 3.00. The van der Waals surface area contributed by atoms with E-state index in [-0.39, 0.29) is 24.7 Å². The molecule has 7 nitrogen and oxygen atoms in total. The van der Waals surface area contributed by atoms with Gasteiger partial charge in [0.1, 0.15) is 0 Å². The fraction of sp³-hybridized carbons (Fsp3) is 0.158. The number of carbonyl (C=O) groups is 3. The van der Waals surface area contributed by atoms with Crippen molar-refractivity contribution in [3.63, 3.8) is 0 Å². The summed E-state index contributed by atoms with van der Waals surface area (Å²) >= 11 is 1.47. The molecule has 0 bridgehead atoms. The predicted octanol–water partition coefficient (Wildman–Crippen LogP) is 2.14. The highest BCUT2D eigenvalue weighted by Crippen LogP contribution is 2.23. The Morgan fingerprint density at radius 2 is 1.81 bits per heavy atom. The number of hydrogen-bond donors (Lipinski definition) is 1. The normalized spacial score (nSPS) is 15.0. The standard InChI is InChI=1S/C19H16N4O3S/c1-22-14-7-2-3-8-15(14)27-19(22)21-20-18(26)12-5-4-6-13(11-12)23-16(24)9-10-17(23)25/h2-8,11H,9-10H2,1H3,(H,20,26)/b21-19-. The zero-order valence-electron chi connectivity index (χ0n) is 14.5. The van der Waals surface area contributed by atoms with Gasteiger partial charge in [-0.1, -0.05) is 29.5 Å². The summed E-state index contributed by atoms with van der Waals surface area (Å²) in [5.74, 6) is -0.910. The topological polar surface area (TPSA) is 83.8 Å². The number of rotatable bonds is 3. The average Bonchev–Trinajstić information content (AvgIpc) is 3.19. The minimum Gasteiger partial charge on any atom is -0.318 e. The first-order valence-electron chi connectivity index (χ1n) is 8.39. The van der Waals surface area contributed by atoms with Gasteiger partial charge in [0.05, 0.1) is 15.9 Å². The molecule has 1 aromatic heterocycles. The van der Waals surface area contributed by atoms with Gasteiger partial charge < -0.3 is 4.57 Å². The molecule has 1 saturated heterocycles. The first-order chi connectivity index (χ1) is 13.0. The van der Waals surface area contributed by atoms with Crippen molar-refractivity contribution in [3.05, 3.63) is 58.9 Å². The van der Waals surface area contributed by atoms with Crippen LogP contribution in [0.4, 0.5) is 5.69 Å². The summed E-state index contributed by atoms with van der Waals surface area (Å²) in [5.41, 5.74) is 4.31. The molecule has 0 spiro atoms. The first-order valence-corrected chi connectivity index (χ1v) is 9.21. The highest BCUT2D eigenvalue weighted by atomic mass is 32.1. The molecule has 136 valence electrons. The highest BCUT2D eigenvalue weighted by Gasteiger charge is 2.30. The number of nitrogens with one attached hydrogen (secondary N) is 1. The minimum atomic E-state index is -0.409. The quantitative estimate of drug-likeness (QED) is 0.558. The summed E-state index contributed by atoms with van der Waals surface area (Å²) < 4.78 is 2.97. The van der Waals surface area contributed by atoms with Crippen molar-refractivity contribution in [3.8, 4) is 0 Å². The van der Waals surface area contributed by atoms with Gasteiger partial charge in [-0.15, -0.1) is 5.10 Å². The largest absolute Gasteiger partial charge is 0.318 e. The van der Waals surface area contributed by atoms with Gasteiger partial charge in [-0.3, -0.25) is 19.3 Å². The molecule has 0 radical (unpaired) electrons. The van der Waals surface area contributed by atoms with E-state index in [9.17, 15) is 14.4 Å². The maximum atomic E-state index is 12.5. The van der Waals surface area contributed by atoms with Crippen LogP contribution in [0.25, 0.3) is 10.2 Å². The fourth-order valence-corrected chi connectivity index (χ4v) is 3.98. The van der Waals surface area contributed by atoms with Crippen molar-refractivity contribution in [2.24, 2.45) is 12.1 Å². The number of hydrogen-bond acceptors (Lipinski definition) is 5. The molecule has 0 aliphatic carbocycles. The lowest BCUT2D eigenvalue weighted by Gasteiger charge is -2.14. The molecule has 4 rings (SSSR count). The van der Waals surface area contributed by atoms with E-state index in [2.05, 4.69) is 10.5 Å². The molecule has 0 atom stereocenters. The molecule has 1 aliphatic rings. The SMILES string of the molecule is Cn1/c(=N/NC(=O)c2cccc(N3C(=O)CCC3=O)c2)sc2ccccc21. The van der Waals surface area contributed by atoms with Crippen molar-refractivity contribution in [1.29, 1.82) is 0 Å². The van der Waals surface area contributed by atoms with Crippen LogP contribution in [-0.2, 0) is 16.6 Å². The molecule has 27 heavy (non-hydrogen) atoms. The van der Waals surface area contributed by atoms with Gasteiger partial charge in [-0.25, -0.2) is 5.43 Å². The van der Waals surface area contributed by atoms with Crippen LogP contribution in [0, 0.1) is 0 Å². The van der Waals surface area contributed by atoms with Gasteiger partial charge >= 0.3 is 0 Å². The number of amides is 3. The van der Waals surface area contributed by atoms with Crippen molar-refractivity contribution < 1.29 is 14.4 Å². The lowest BCUT2D eigenvalue weighted by Crippen LogP contribution is -2.29. The molecule has 0 saturated carbocycles. The van der Waals surface area contributed by atoms with E-state index < -0.39 is 5.91 Å². The van der Waals surface area contributed by atoms with Crippen LogP contribution in [-0.4, -0.2) is 22.3 Å². The Hall–Kier alpha value is -3.26. The van der Waals surface area contributed by atoms with Crippen LogP contribution in [0.3, 0.4) is 0 Å². The number of thiazole rings is 1. The van der Waals surface area contributed by atoms with E-state index >= 15 is 0 Å². The zero-order chi connectivity index (χ0) is 19.0. The van der Waals surface area contributed by atoms with E-state index in [1.165, 1.54) is 17.4 Å². The smallest absolute Gasteiger partial charge is 0.271 e. The lowest BCUT2D eigenvalue weighted by atomic mass is 10.2. The number of para-hydroxylation sites is 1. The summed E-state index contributed by atoms with van der Waals surface area (Å²) in [6, 6.07) is 14.3. The van der Waals surface area contributed by atoms with E-state index in [0.717, 1.165) is 15.1 Å². The van der Waals surface area contributed by atoms with E-state index in [4.69, 9.17) is 0 Å². The molecule has 3 aromatic rings. The van der Waals surface area contributed by atoms with Crippen LogP contribution in [0.5, 0.6) is 0 Å².